The first kappa shape index (κ1) is 11.8. The summed E-state index contributed by atoms with van der Waals surface area (Å²) in [5.74, 6) is 0.683. The van der Waals surface area contributed by atoms with Crippen LogP contribution in [-0.4, -0.2) is 6.04 Å². The molecule has 2 unspecified atom stereocenters. The van der Waals surface area contributed by atoms with Crippen molar-refractivity contribution < 1.29 is 0 Å². The van der Waals surface area contributed by atoms with E-state index in [1.165, 1.54) is 38.5 Å². The molecular weight excluding hydrogens is 170 g/mol. The topological polar surface area (TPSA) is 26.0 Å². The van der Waals surface area contributed by atoms with Crippen molar-refractivity contribution >= 4 is 0 Å². The van der Waals surface area contributed by atoms with Gasteiger partial charge in [0.15, 0.2) is 0 Å². The van der Waals surface area contributed by atoms with Gasteiger partial charge in [0.2, 0.25) is 0 Å². The fourth-order valence-corrected chi connectivity index (χ4v) is 2.26. The van der Waals surface area contributed by atoms with E-state index in [1.807, 2.05) is 0 Å². The first-order valence-electron chi connectivity index (χ1n) is 6.17. The number of hydrogen-bond donors (Lipinski definition) is 1. The third-order valence-corrected chi connectivity index (χ3v) is 3.36. The Kier molecular flexibility index (Phi) is 5.24. The molecule has 1 nitrogen and oxygen atoms in total. The van der Waals surface area contributed by atoms with E-state index in [0.29, 0.717) is 12.0 Å². The molecule has 1 aliphatic carbocycles. The Morgan fingerprint density at radius 1 is 1.43 bits per heavy atom. The van der Waals surface area contributed by atoms with Gasteiger partial charge in [0.05, 0.1) is 0 Å². The van der Waals surface area contributed by atoms with Gasteiger partial charge in [-0.2, -0.15) is 0 Å². The molecule has 1 heteroatoms. The summed E-state index contributed by atoms with van der Waals surface area (Å²) in [4.78, 5) is 0. The van der Waals surface area contributed by atoms with Crippen molar-refractivity contribution in [3.63, 3.8) is 0 Å². The summed E-state index contributed by atoms with van der Waals surface area (Å²) in [6.07, 6.45) is 11.4. The SMILES string of the molecule is CCCC(C)C(N)CC1=CCCCC1. The van der Waals surface area contributed by atoms with Crippen LogP contribution in [0.5, 0.6) is 0 Å². The molecule has 0 aliphatic heterocycles. The summed E-state index contributed by atoms with van der Waals surface area (Å²) in [6.45, 7) is 4.53. The van der Waals surface area contributed by atoms with Gasteiger partial charge in [0.25, 0.3) is 0 Å². The van der Waals surface area contributed by atoms with Crippen LogP contribution < -0.4 is 5.73 Å². The summed E-state index contributed by atoms with van der Waals surface area (Å²) in [7, 11) is 0. The predicted octanol–water partition coefficient (Wildman–Crippen LogP) is 3.64. The van der Waals surface area contributed by atoms with Gasteiger partial charge in [0.1, 0.15) is 0 Å². The number of allylic oxidation sites excluding steroid dienone is 1. The second-order valence-corrected chi connectivity index (χ2v) is 4.74. The monoisotopic (exact) mass is 195 g/mol. The van der Waals surface area contributed by atoms with Gasteiger partial charge in [-0.25, -0.2) is 0 Å². The second-order valence-electron chi connectivity index (χ2n) is 4.74. The highest BCUT2D eigenvalue weighted by Gasteiger charge is 2.14. The zero-order valence-electron chi connectivity index (χ0n) is 9.76. The minimum Gasteiger partial charge on any atom is -0.327 e. The summed E-state index contributed by atoms with van der Waals surface area (Å²) in [5.41, 5.74) is 7.81. The number of hydrogen-bond acceptors (Lipinski definition) is 1. The van der Waals surface area contributed by atoms with Crippen LogP contribution in [0.1, 0.15) is 58.8 Å². The highest BCUT2D eigenvalue weighted by atomic mass is 14.6. The first-order valence-corrected chi connectivity index (χ1v) is 6.17. The lowest BCUT2D eigenvalue weighted by molar-refractivity contribution is 0.413. The second kappa shape index (κ2) is 6.23. The normalized spacial score (nSPS) is 21.5. The van der Waals surface area contributed by atoms with E-state index in [2.05, 4.69) is 19.9 Å². The number of rotatable bonds is 5. The summed E-state index contributed by atoms with van der Waals surface area (Å²) in [5, 5.41) is 0. The molecule has 0 saturated heterocycles. The molecule has 0 aromatic rings. The van der Waals surface area contributed by atoms with E-state index in [9.17, 15) is 0 Å². The van der Waals surface area contributed by atoms with Gasteiger partial charge < -0.3 is 5.73 Å². The van der Waals surface area contributed by atoms with Crippen LogP contribution >= 0.6 is 0 Å². The third-order valence-electron chi connectivity index (χ3n) is 3.36. The van der Waals surface area contributed by atoms with Crippen molar-refractivity contribution in [1.82, 2.24) is 0 Å². The van der Waals surface area contributed by atoms with Crippen molar-refractivity contribution in [2.75, 3.05) is 0 Å². The molecule has 0 amide bonds. The molecule has 2 N–H and O–H groups in total. The summed E-state index contributed by atoms with van der Waals surface area (Å²) >= 11 is 0. The van der Waals surface area contributed by atoms with E-state index >= 15 is 0 Å². The standard InChI is InChI=1S/C13H25N/c1-3-7-11(2)13(14)10-12-8-5-4-6-9-12/h8,11,13H,3-7,9-10,14H2,1-2H3. The largest absolute Gasteiger partial charge is 0.327 e. The minimum absolute atomic E-state index is 0.388. The molecule has 0 fully saturated rings. The van der Waals surface area contributed by atoms with Crippen molar-refractivity contribution in [2.45, 2.75) is 64.8 Å². The predicted molar refractivity (Wildman–Crippen MR) is 63.2 cm³/mol. The average Bonchev–Trinajstić information content (AvgIpc) is 2.19. The van der Waals surface area contributed by atoms with Crippen molar-refractivity contribution in [3.05, 3.63) is 11.6 Å². The molecule has 0 bridgehead atoms. The molecule has 0 aromatic heterocycles. The Morgan fingerprint density at radius 2 is 2.21 bits per heavy atom. The molecule has 14 heavy (non-hydrogen) atoms. The van der Waals surface area contributed by atoms with E-state index in [1.54, 1.807) is 5.57 Å². The molecule has 0 radical (unpaired) electrons. The van der Waals surface area contributed by atoms with Crippen LogP contribution in [0.15, 0.2) is 11.6 Å². The lowest BCUT2D eigenvalue weighted by Gasteiger charge is -2.22. The van der Waals surface area contributed by atoms with Crippen molar-refractivity contribution in [2.24, 2.45) is 11.7 Å². The maximum atomic E-state index is 6.19. The van der Waals surface area contributed by atoms with Gasteiger partial charge in [-0.3, -0.25) is 0 Å². The quantitative estimate of drug-likeness (QED) is 0.666. The Labute approximate surface area is 88.8 Å². The summed E-state index contributed by atoms with van der Waals surface area (Å²) < 4.78 is 0. The molecule has 0 spiro atoms. The van der Waals surface area contributed by atoms with Crippen LogP contribution in [0.4, 0.5) is 0 Å². The van der Waals surface area contributed by atoms with Crippen LogP contribution in [0.2, 0.25) is 0 Å². The molecule has 0 aromatic carbocycles. The fraction of sp³-hybridized carbons (Fsp3) is 0.846. The first-order chi connectivity index (χ1) is 6.74. The maximum Gasteiger partial charge on any atom is 0.0102 e. The van der Waals surface area contributed by atoms with Crippen molar-refractivity contribution in [1.29, 1.82) is 0 Å². The zero-order chi connectivity index (χ0) is 10.4. The van der Waals surface area contributed by atoms with Crippen LogP contribution in [0.3, 0.4) is 0 Å². The fourth-order valence-electron chi connectivity index (χ4n) is 2.26. The Morgan fingerprint density at radius 3 is 2.79 bits per heavy atom. The molecule has 0 heterocycles. The highest BCUT2D eigenvalue weighted by molar-refractivity contribution is 5.07. The van der Waals surface area contributed by atoms with Crippen molar-refractivity contribution in [3.8, 4) is 0 Å². The number of nitrogens with two attached hydrogens (primary N) is 1. The highest BCUT2D eigenvalue weighted by Crippen LogP contribution is 2.23. The lowest BCUT2D eigenvalue weighted by Crippen LogP contribution is -2.28. The van der Waals surface area contributed by atoms with Crippen LogP contribution in [-0.2, 0) is 0 Å². The maximum absolute atomic E-state index is 6.19. The molecule has 1 aliphatic rings. The van der Waals surface area contributed by atoms with Crippen LogP contribution in [0, 0.1) is 5.92 Å². The smallest absolute Gasteiger partial charge is 0.0102 e. The van der Waals surface area contributed by atoms with Gasteiger partial charge in [-0.15, -0.1) is 0 Å². The van der Waals surface area contributed by atoms with Crippen LogP contribution in [0.25, 0.3) is 0 Å². The zero-order valence-corrected chi connectivity index (χ0v) is 9.76. The molecule has 2 atom stereocenters. The Bertz CT molecular complexity index is 184. The Balaban J connectivity index is 2.31. The minimum atomic E-state index is 0.388. The summed E-state index contributed by atoms with van der Waals surface area (Å²) in [6, 6.07) is 0.388. The molecule has 82 valence electrons. The third kappa shape index (κ3) is 3.83. The molecule has 1 rings (SSSR count). The molecule has 0 saturated carbocycles. The van der Waals surface area contributed by atoms with Gasteiger partial charge in [0, 0.05) is 6.04 Å². The van der Waals surface area contributed by atoms with Gasteiger partial charge >= 0.3 is 0 Å². The molecular formula is C13H25N. The average molecular weight is 195 g/mol. The van der Waals surface area contributed by atoms with E-state index in [4.69, 9.17) is 5.73 Å². The van der Waals surface area contributed by atoms with E-state index in [0.717, 1.165) is 6.42 Å². The lowest BCUT2D eigenvalue weighted by atomic mass is 9.88. The van der Waals surface area contributed by atoms with E-state index in [-0.39, 0.29) is 0 Å². The van der Waals surface area contributed by atoms with E-state index < -0.39 is 0 Å². The van der Waals surface area contributed by atoms with Gasteiger partial charge in [-0.1, -0.05) is 31.9 Å². The Hall–Kier alpha value is -0.300. The van der Waals surface area contributed by atoms with Gasteiger partial charge in [-0.05, 0) is 44.4 Å².